The van der Waals surface area contributed by atoms with Crippen molar-refractivity contribution in [3.63, 3.8) is 0 Å². The van der Waals surface area contributed by atoms with Gasteiger partial charge >= 0.3 is 0 Å². The number of rotatable bonds is 3. The third-order valence-corrected chi connectivity index (χ3v) is 3.01. The van der Waals surface area contributed by atoms with Crippen LogP contribution in [0.5, 0.6) is 0 Å². The summed E-state index contributed by atoms with van der Waals surface area (Å²) < 4.78 is 0. The molecule has 2 N–H and O–H groups in total. The van der Waals surface area contributed by atoms with Crippen LogP contribution in [0.25, 0.3) is 22.4 Å². The van der Waals surface area contributed by atoms with Crippen molar-refractivity contribution in [1.29, 1.82) is 0 Å². The lowest BCUT2D eigenvalue weighted by Crippen LogP contribution is -2.10. The molecule has 96 valence electrons. The van der Waals surface area contributed by atoms with Crippen molar-refractivity contribution < 1.29 is 0 Å². The molecule has 2 aromatic heterocycles. The Hall–Kier alpha value is -2.43. The first-order chi connectivity index (χ1) is 9.28. The van der Waals surface area contributed by atoms with Crippen LogP contribution >= 0.6 is 0 Å². The fraction of sp³-hybridized carbons (Fsp3) is 0.214. The van der Waals surface area contributed by atoms with E-state index in [0.717, 1.165) is 35.1 Å². The lowest BCUT2D eigenvalue weighted by atomic mass is 10.1. The van der Waals surface area contributed by atoms with Crippen molar-refractivity contribution >= 4 is 11.0 Å². The lowest BCUT2D eigenvalue weighted by Gasteiger charge is -2.04. The maximum absolute atomic E-state index is 11.7. The van der Waals surface area contributed by atoms with Crippen LogP contribution in [0.4, 0.5) is 0 Å². The molecule has 0 saturated heterocycles. The first kappa shape index (κ1) is 11.6. The molecule has 0 aliphatic carbocycles. The largest absolute Gasteiger partial charge is 0.345 e. The van der Waals surface area contributed by atoms with Crippen molar-refractivity contribution in [3.8, 4) is 11.4 Å². The van der Waals surface area contributed by atoms with Gasteiger partial charge in [0.05, 0.1) is 17.4 Å². The fourth-order valence-electron chi connectivity index (χ4n) is 2.18. The van der Waals surface area contributed by atoms with Crippen molar-refractivity contribution in [2.75, 3.05) is 0 Å². The number of aromatic amines is 2. The number of nitrogens with one attached hydrogen (secondary N) is 2. The first-order valence-corrected chi connectivity index (χ1v) is 6.30. The molecular formula is C14H14N4O. The molecule has 0 atom stereocenters. The smallest absolute Gasteiger partial charge is 0.251 e. The van der Waals surface area contributed by atoms with E-state index in [-0.39, 0.29) is 5.56 Å². The monoisotopic (exact) mass is 254 g/mol. The summed E-state index contributed by atoms with van der Waals surface area (Å²) in [6.45, 7) is 2.07. The van der Waals surface area contributed by atoms with Gasteiger partial charge in [0.1, 0.15) is 5.82 Å². The van der Waals surface area contributed by atoms with Crippen LogP contribution in [0.15, 0.2) is 35.4 Å². The Kier molecular flexibility index (Phi) is 2.87. The van der Waals surface area contributed by atoms with E-state index in [1.807, 2.05) is 18.2 Å². The molecule has 0 spiro atoms. The van der Waals surface area contributed by atoms with Gasteiger partial charge in [-0.2, -0.15) is 0 Å². The molecule has 0 fully saturated rings. The minimum atomic E-state index is -0.124. The summed E-state index contributed by atoms with van der Waals surface area (Å²) >= 11 is 0. The number of H-pyrrole nitrogens is 2. The molecule has 0 unspecified atom stereocenters. The standard InChI is InChI=1S/C14H14N4O/c1-2-4-9-7-12(19)18-14(17-9)10-5-3-6-11-13(10)16-8-15-11/h3,5-8H,2,4H2,1H3,(H,15,16)(H,17,18,19). The van der Waals surface area contributed by atoms with Crippen LogP contribution in [0.2, 0.25) is 0 Å². The van der Waals surface area contributed by atoms with Crippen LogP contribution < -0.4 is 5.56 Å². The van der Waals surface area contributed by atoms with Crippen LogP contribution in [0.1, 0.15) is 19.0 Å². The number of fused-ring (bicyclic) bond motifs is 1. The third-order valence-electron chi connectivity index (χ3n) is 3.01. The van der Waals surface area contributed by atoms with Crippen molar-refractivity contribution in [1.82, 2.24) is 19.9 Å². The van der Waals surface area contributed by atoms with E-state index in [1.165, 1.54) is 0 Å². The average Bonchev–Trinajstić information content (AvgIpc) is 2.86. The van der Waals surface area contributed by atoms with Gasteiger partial charge in [-0.3, -0.25) is 4.79 Å². The molecule has 19 heavy (non-hydrogen) atoms. The molecule has 0 radical (unpaired) electrons. The summed E-state index contributed by atoms with van der Waals surface area (Å²) in [6, 6.07) is 7.33. The zero-order valence-electron chi connectivity index (χ0n) is 10.6. The Morgan fingerprint density at radius 3 is 3.05 bits per heavy atom. The molecule has 0 aliphatic rings. The zero-order valence-corrected chi connectivity index (χ0v) is 10.6. The van der Waals surface area contributed by atoms with Crippen molar-refractivity contribution in [2.24, 2.45) is 0 Å². The minimum absolute atomic E-state index is 0.124. The summed E-state index contributed by atoms with van der Waals surface area (Å²) in [7, 11) is 0. The van der Waals surface area contributed by atoms with E-state index >= 15 is 0 Å². The van der Waals surface area contributed by atoms with Gasteiger partial charge in [-0.05, 0) is 18.6 Å². The van der Waals surface area contributed by atoms with Gasteiger partial charge in [-0.25, -0.2) is 9.97 Å². The highest BCUT2D eigenvalue weighted by molar-refractivity contribution is 5.89. The molecule has 3 aromatic rings. The molecule has 3 rings (SSSR count). The van der Waals surface area contributed by atoms with Gasteiger partial charge in [0.2, 0.25) is 0 Å². The maximum Gasteiger partial charge on any atom is 0.251 e. The minimum Gasteiger partial charge on any atom is -0.345 e. The SMILES string of the molecule is CCCc1cc(=O)[nH]c(-c2cccc3[nH]cnc23)n1. The van der Waals surface area contributed by atoms with E-state index in [2.05, 4.69) is 26.9 Å². The number of nitrogens with zero attached hydrogens (tertiary/aromatic N) is 2. The van der Waals surface area contributed by atoms with Gasteiger partial charge in [0, 0.05) is 17.3 Å². The zero-order chi connectivity index (χ0) is 13.2. The Bertz CT molecular complexity index is 772. The highest BCUT2D eigenvalue weighted by Gasteiger charge is 2.09. The van der Waals surface area contributed by atoms with E-state index in [1.54, 1.807) is 12.4 Å². The molecule has 0 bridgehead atoms. The number of imidazole rings is 1. The molecule has 5 nitrogen and oxygen atoms in total. The molecule has 0 saturated carbocycles. The van der Waals surface area contributed by atoms with E-state index in [9.17, 15) is 4.79 Å². The average molecular weight is 254 g/mol. The molecule has 0 amide bonds. The summed E-state index contributed by atoms with van der Waals surface area (Å²) in [5, 5.41) is 0. The Morgan fingerprint density at radius 2 is 2.21 bits per heavy atom. The number of hydrogen-bond acceptors (Lipinski definition) is 3. The second-order valence-corrected chi connectivity index (χ2v) is 4.44. The van der Waals surface area contributed by atoms with Crippen LogP contribution in [-0.2, 0) is 6.42 Å². The highest BCUT2D eigenvalue weighted by Crippen LogP contribution is 2.22. The molecule has 2 heterocycles. The van der Waals surface area contributed by atoms with Crippen LogP contribution in [0.3, 0.4) is 0 Å². The highest BCUT2D eigenvalue weighted by atomic mass is 16.1. The summed E-state index contributed by atoms with van der Waals surface area (Å²) in [6.07, 6.45) is 3.40. The Balaban J connectivity index is 2.21. The number of aromatic nitrogens is 4. The van der Waals surface area contributed by atoms with E-state index in [4.69, 9.17) is 0 Å². The van der Waals surface area contributed by atoms with Crippen molar-refractivity contribution in [2.45, 2.75) is 19.8 Å². The fourth-order valence-corrected chi connectivity index (χ4v) is 2.18. The van der Waals surface area contributed by atoms with Gasteiger partial charge < -0.3 is 9.97 Å². The normalized spacial score (nSPS) is 11.0. The number of para-hydroxylation sites is 1. The van der Waals surface area contributed by atoms with Gasteiger partial charge in [-0.1, -0.05) is 19.4 Å². The molecular weight excluding hydrogens is 240 g/mol. The van der Waals surface area contributed by atoms with Gasteiger partial charge in [0.25, 0.3) is 5.56 Å². The molecule has 0 aliphatic heterocycles. The topological polar surface area (TPSA) is 74.4 Å². The summed E-state index contributed by atoms with van der Waals surface area (Å²) in [4.78, 5) is 26.3. The summed E-state index contributed by atoms with van der Waals surface area (Å²) in [5.74, 6) is 0.577. The second kappa shape index (κ2) is 4.68. The first-order valence-electron chi connectivity index (χ1n) is 6.30. The van der Waals surface area contributed by atoms with Crippen LogP contribution in [-0.4, -0.2) is 19.9 Å². The van der Waals surface area contributed by atoms with Gasteiger partial charge in [-0.15, -0.1) is 0 Å². The number of benzene rings is 1. The van der Waals surface area contributed by atoms with Gasteiger partial charge in [0.15, 0.2) is 0 Å². The number of hydrogen-bond donors (Lipinski definition) is 2. The summed E-state index contributed by atoms with van der Waals surface area (Å²) in [5.41, 5.74) is 3.28. The maximum atomic E-state index is 11.7. The quantitative estimate of drug-likeness (QED) is 0.753. The van der Waals surface area contributed by atoms with E-state index < -0.39 is 0 Å². The van der Waals surface area contributed by atoms with Crippen molar-refractivity contribution in [3.05, 3.63) is 46.6 Å². The molecule has 5 heteroatoms. The van der Waals surface area contributed by atoms with E-state index in [0.29, 0.717) is 5.82 Å². The Morgan fingerprint density at radius 1 is 1.32 bits per heavy atom. The Labute approximate surface area is 109 Å². The third kappa shape index (κ3) is 2.14. The predicted octanol–water partition coefficient (Wildman–Crippen LogP) is 2.27. The van der Waals surface area contributed by atoms with Crippen LogP contribution in [0, 0.1) is 0 Å². The lowest BCUT2D eigenvalue weighted by molar-refractivity contribution is 0.870. The molecule has 1 aromatic carbocycles. The second-order valence-electron chi connectivity index (χ2n) is 4.44. The number of aryl methyl sites for hydroxylation is 1. The predicted molar refractivity (Wildman–Crippen MR) is 73.9 cm³/mol.